The lowest BCUT2D eigenvalue weighted by Gasteiger charge is -2.42. The molecule has 2 rings (SSSR count). The van der Waals surface area contributed by atoms with E-state index < -0.39 is 0 Å². The van der Waals surface area contributed by atoms with Gasteiger partial charge in [0.1, 0.15) is 0 Å². The molecule has 1 aromatic rings. The third-order valence-electron chi connectivity index (χ3n) is 3.27. The van der Waals surface area contributed by atoms with Crippen molar-refractivity contribution in [3.05, 3.63) is 35.9 Å². The fourth-order valence-electron chi connectivity index (χ4n) is 2.04. The number of nitrogens with two attached hydrogens (primary N) is 1. The molecule has 1 fully saturated rings. The number of benzene rings is 1. The third kappa shape index (κ3) is 3.47. The molecule has 0 aliphatic carbocycles. The molecule has 0 saturated carbocycles. The highest BCUT2D eigenvalue weighted by Gasteiger charge is 2.28. The van der Waals surface area contributed by atoms with Gasteiger partial charge in [0.05, 0.1) is 12.6 Å². The van der Waals surface area contributed by atoms with Crippen molar-refractivity contribution in [3.8, 4) is 0 Å². The maximum Gasteiger partial charge on any atom is 0.189 e. The van der Waals surface area contributed by atoms with Crippen molar-refractivity contribution in [3.63, 3.8) is 0 Å². The fourth-order valence-corrected chi connectivity index (χ4v) is 2.04. The molecule has 1 saturated heterocycles. The Morgan fingerprint density at radius 1 is 1.39 bits per heavy atom. The Kier molecular flexibility index (Phi) is 4.20. The normalized spacial score (nSPS) is 17.8. The molecule has 4 nitrogen and oxygen atoms in total. The molecule has 0 atom stereocenters. The molecular formula is C14H22N4. The summed E-state index contributed by atoms with van der Waals surface area (Å²) >= 11 is 0. The minimum atomic E-state index is 0.451. The second kappa shape index (κ2) is 5.87. The zero-order chi connectivity index (χ0) is 13.0. The predicted octanol–water partition coefficient (Wildman–Crippen LogP) is 1.18. The van der Waals surface area contributed by atoms with Crippen LogP contribution in [0, 0.1) is 0 Å². The van der Waals surface area contributed by atoms with Crippen molar-refractivity contribution in [1.29, 1.82) is 0 Å². The first kappa shape index (κ1) is 12.9. The van der Waals surface area contributed by atoms with Crippen molar-refractivity contribution in [2.24, 2.45) is 10.7 Å². The molecule has 1 aliphatic heterocycles. The molecule has 0 bridgehead atoms. The van der Waals surface area contributed by atoms with E-state index >= 15 is 0 Å². The van der Waals surface area contributed by atoms with E-state index in [9.17, 15) is 0 Å². The first-order chi connectivity index (χ1) is 8.65. The number of nitrogens with one attached hydrogen (secondary N) is 1. The minimum absolute atomic E-state index is 0.451. The van der Waals surface area contributed by atoms with Crippen LogP contribution in [0.4, 0.5) is 0 Å². The molecule has 0 amide bonds. The molecule has 1 aliphatic rings. The second-order valence-corrected chi connectivity index (χ2v) is 5.08. The van der Waals surface area contributed by atoms with E-state index in [4.69, 9.17) is 5.73 Å². The molecule has 0 unspecified atom stereocenters. The summed E-state index contributed by atoms with van der Waals surface area (Å²) < 4.78 is 0. The molecule has 4 heteroatoms. The number of hydrogen-bond donors (Lipinski definition) is 2. The zero-order valence-corrected chi connectivity index (χ0v) is 11.1. The number of nitrogens with zero attached hydrogens (tertiary/aromatic N) is 2. The van der Waals surface area contributed by atoms with Gasteiger partial charge in [0.2, 0.25) is 0 Å². The van der Waals surface area contributed by atoms with Gasteiger partial charge in [-0.05, 0) is 19.4 Å². The van der Waals surface area contributed by atoms with Gasteiger partial charge in [-0.1, -0.05) is 30.3 Å². The third-order valence-corrected chi connectivity index (χ3v) is 3.27. The number of rotatable bonds is 4. The summed E-state index contributed by atoms with van der Waals surface area (Å²) in [5.41, 5.74) is 7.05. The van der Waals surface area contributed by atoms with Crippen LogP contribution in [-0.2, 0) is 6.54 Å². The molecule has 0 aromatic heterocycles. The number of aliphatic imine (C=N–C) groups is 1. The lowest BCUT2D eigenvalue weighted by molar-refractivity contribution is 0.102. The van der Waals surface area contributed by atoms with Crippen molar-refractivity contribution >= 4 is 5.96 Å². The van der Waals surface area contributed by atoms with E-state index in [1.807, 2.05) is 18.2 Å². The average Bonchev–Trinajstić information content (AvgIpc) is 2.31. The van der Waals surface area contributed by atoms with E-state index in [0.717, 1.165) is 13.1 Å². The van der Waals surface area contributed by atoms with E-state index in [2.05, 4.69) is 41.2 Å². The highest BCUT2D eigenvalue weighted by atomic mass is 15.3. The van der Waals surface area contributed by atoms with Crippen LogP contribution in [0.5, 0.6) is 0 Å². The highest BCUT2D eigenvalue weighted by molar-refractivity contribution is 5.78. The Morgan fingerprint density at radius 3 is 2.67 bits per heavy atom. The molecule has 3 N–H and O–H groups in total. The summed E-state index contributed by atoms with van der Waals surface area (Å²) in [5, 5.41) is 3.26. The van der Waals surface area contributed by atoms with E-state index in [-0.39, 0.29) is 0 Å². The average molecular weight is 246 g/mol. The maximum absolute atomic E-state index is 5.87. The second-order valence-electron chi connectivity index (χ2n) is 5.08. The van der Waals surface area contributed by atoms with Gasteiger partial charge < -0.3 is 11.1 Å². The summed E-state index contributed by atoms with van der Waals surface area (Å²) in [7, 11) is 0. The summed E-state index contributed by atoms with van der Waals surface area (Å²) in [6, 6.07) is 11.2. The van der Waals surface area contributed by atoms with Crippen LogP contribution >= 0.6 is 0 Å². The largest absolute Gasteiger partial charge is 0.370 e. The van der Waals surface area contributed by atoms with Gasteiger partial charge in [-0.3, -0.25) is 4.90 Å². The van der Waals surface area contributed by atoms with Crippen LogP contribution in [0.15, 0.2) is 35.3 Å². The Labute approximate surface area is 109 Å². The summed E-state index contributed by atoms with van der Waals surface area (Å²) in [4.78, 5) is 6.76. The van der Waals surface area contributed by atoms with Crippen molar-refractivity contribution in [2.75, 3.05) is 13.1 Å². The van der Waals surface area contributed by atoms with Crippen molar-refractivity contribution in [1.82, 2.24) is 10.2 Å². The summed E-state index contributed by atoms with van der Waals surface area (Å²) in [5.74, 6) is 0.548. The van der Waals surface area contributed by atoms with Crippen LogP contribution in [-0.4, -0.2) is 36.0 Å². The van der Waals surface area contributed by atoms with Crippen LogP contribution in [0.2, 0.25) is 0 Å². The van der Waals surface area contributed by atoms with Crippen LogP contribution in [0.1, 0.15) is 19.4 Å². The maximum atomic E-state index is 5.87. The van der Waals surface area contributed by atoms with Crippen LogP contribution in [0.25, 0.3) is 0 Å². The molecule has 1 aromatic carbocycles. The monoisotopic (exact) mass is 246 g/mol. The molecule has 1 heterocycles. The van der Waals surface area contributed by atoms with Crippen LogP contribution in [0.3, 0.4) is 0 Å². The Hall–Kier alpha value is -1.55. The highest BCUT2D eigenvalue weighted by Crippen LogP contribution is 2.11. The number of guanidine groups is 1. The SMILES string of the molecule is CC(C)N1CC(NC(N)=NCc2ccccc2)C1. The number of hydrogen-bond acceptors (Lipinski definition) is 2. The lowest BCUT2D eigenvalue weighted by atomic mass is 10.1. The van der Waals surface area contributed by atoms with Gasteiger partial charge >= 0.3 is 0 Å². The van der Waals surface area contributed by atoms with Gasteiger partial charge in [0, 0.05) is 19.1 Å². The number of likely N-dealkylation sites (tertiary alicyclic amines) is 1. The van der Waals surface area contributed by atoms with Gasteiger partial charge in [0.25, 0.3) is 0 Å². The van der Waals surface area contributed by atoms with Gasteiger partial charge in [-0.2, -0.15) is 0 Å². The quantitative estimate of drug-likeness (QED) is 0.619. The fraction of sp³-hybridized carbons (Fsp3) is 0.500. The van der Waals surface area contributed by atoms with Gasteiger partial charge in [-0.15, -0.1) is 0 Å². The predicted molar refractivity (Wildman–Crippen MR) is 75.4 cm³/mol. The topological polar surface area (TPSA) is 53.6 Å². The standard InChI is InChI=1S/C14H22N4/c1-11(2)18-9-13(10-18)17-14(15)16-8-12-6-4-3-5-7-12/h3-7,11,13H,8-10H2,1-2H3,(H3,15,16,17). The molecule has 0 radical (unpaired) electrons. The smallest absolute Gasteiger partial charge is 0.189 e. The van der Waals surface area contributed by atoms with E-state index in [1.54, 1.807) is 0 Å². The Balaban J connectivity index is 1.74. The van der Waals surface area contributed by atoms with Crippen LogP contribution < -0.4 is 11.1 Å². The first-order valence-electron chi connectivity index (χ1n) is 6.49. The lowest BCUT2D eigenvalue weighted by Crippen LogP contribution is -2.62. The minimum Gasteiger partial charge on any atom is -0.370 e. The molecule has 0 spiro atoms. The van der Waals surface area contributed by atoms with E-state index in [0.29, 0.717) is 24.6 Å². The summed E-state index contributed by atoms with van der Waals surface area (Å²) in [6.45, 7) is 7.17. The van der Waals surface area contributed by atoms with Crippen molar-refractivity contribution < 1.29 is 0 Å². The Morgan fingerprint density at radius 2 is 2.06 bits per heavy atom. The molecular weight excluding hydrogens is 224 g/mol. The first-order valence-corrected chi connectivity index (χ1v) is 6.49. The zero-order valence-electron chi connectivity index (χ0n) is 11.1. The van der Waals surface area contributed by atoms with Gasteiger partial charge in [-0.25, -0.2) is 4.99 Å². The van der Waals surface area contributed by atoms with Gasteiger partial charge in [0.15, 0.2) is 5.96 Å². The molecule has 98 valence electrons. The Bertz CT molecular complexity index is 394. The molecule has 18 heavy (non-hydrogen) atoms. The van der Waals surface area contributed by atoms with Crippen molar-refractivity contribution in [2.45, 2.75) is 32.5 Å². The van der Waals surface area contributed by atoms with E-state index in [1.165, 1.54) is 5.56 Å². The summed E-state index contributed by atoms with van der Waals surface area (Å²) in [6.07, 6.45) is 0.